The van der Waals surface area contributed by atoms with E-state index < -0.39 is 0 Å². The maximum atomic E-state index is 12.1. The van der Waals surface area contributed by atoms with Crippen LogP contribution in [0.4, 0.5) is 0 Å². The molecule has 6 nitrogen and oxygen atoms in total. The summed E-state index contributed by atoms with van der Waals surface area (Å²) in [6.07, 6.45) is 5.33. The summed E-state index contributed by atoms with van der Waals surface area (Å²) in [4.78, 5) is 23.9. The molecule has 128 valence electrons. The maximum Gasteiger partial charge on any atom is 0.250 e. The first-order chi connectivity index (χ1) is 12.0. The van der Waals surface area contributed by atoms with Crippen molar-refractivity contribution >= 4 is 18.2 Å². The Hall–Kier alpha value is -2.86. The zero-order valence-corrected chi connectivity index (χ0v) is 14.0. The first-order valence-electron chi connectivity index (χ1n) is 8.37. The predicted molar refractivity (Wildman–Crippen MR) is 96.0 cm³/mol. The fourth-order valence-corrected chi connectivity index (χ4v) is 3.10. The summed E-state index contributed by atoms with van der Waals surface area (Å²) in [5.41, 5.74) is 1.78. The lowest BCUT2D eigenvalue weighted by Gasteiger charge is -2.27. The van der Waals surface area contributed by atoms with Crippen LogP contribution in [0.15, 0.2) is 41.2 Å². The number of carbonyl (C=O) groups excluding carboxylic acids is 1. The molecule has 1 amide bonds. The van der Waals surface area contributed by atoms with Gasteiger partial charge in [0.25, 0.3) is 5.56 Å². The first-order valence-corrected chi connectivity index (χ1v) is 8.37. The van der Waals surface area contributed by atoms with Crippen molar-refractivity contribution in [3.05, 3.63) is 57.2 Å². The van der Waals surface area contributed by atoms with Gasteiger partial charge < -0.3 is 9.88 Å². The number of hydrogen-bond acceptors (Lipinski definition) is 4. The molecule has 1 aliphatic carbocycles. The Morgan fingerprint density at radius 1 is 1.24 bits per heavy atom. The smallest absolute Gasteiger partial charge is 0.250 e. The van der Waals surface area contributed by atoms with Gasteiger partial charge in [-0.1, -0.05) is 18.2 Å². The van der Waals surface area contributed by atoms with Gasteiger partial charge in [0.2, 0.25) is 5.91 Å². The lowest BCUT2D eigenvalue weighted by molar-refractivity contribution is -0.134. The van der Waals surface area contributed by atoms with Crippen molar-refractivity contribution in [2.75, 3.05) is 0 Å². The van der Waals surface area contributed by atoms with E-state index in [1.807, 2.05) is 36.5 Å². The molecule has 1 atom stereocenters. The molecule has 0 radical (unpaired) electrons. The molecule has 1 fully saturated rings. The second-order valence-electron chi connectivity index (χ2n) is 6.59. The van der Waals surface area contributed by atoms with Crippen molar-refractivity contribution in [1.29, 1.82) is 0 Å². The number of fused-ring (bicyclic) bond motifs is 1. The highest BCUT2D eigenvalue weighted by atomic mass is 16.2. The first kappa shape index (κ1) is 15.7. The van der Waals surface area contributed by atoms with E-state index >= 15 is 0 Å². The van der Waals surface area contributed by atoms with Crippen LogP contribution < -0.4 is 27.2 Å². The molecular weight excluding hydrogens is 316 g/mol. The maximum absolute atomic E-state index is 12.1. The third-order valence-electron chi connectivity index (χ3n) is 4.80. The number of hydrogen-bond donors (Lipinski definition) is 2. The van der Waals surface area contributed by atoms with Gasteiger partial charge in [0.15, 0.2) is 0 Å². The molecule has 25 heavy (non-hydrogen) atoms. The van der Waals surface area contributed by atoms with Crippen LogP contribution in [0.25, 0.3) is 23.5 Å². The third kappa shape index (κ3) is 2.85. The minimum Gasteiger partial charge on any atom is -0.366 e. The summed E-state index contributed by atoms with van der Waals surface area (Å²) in [7, 11) is 1.76. The summed E-state index contributed by atoms with van der Waals surface area (Å²) < 4.78 is 1.63. The van der Waals surface area contributed by atoms with Gasteiger partial charge in [-0.25, -0.2) is 5.84 Å². The number of nitrogens with one attached hydrogen (secondary N) is 1. The van der Waals surface area contributed by atoms with E-state index in [1.165, 1.54) is 5.01 Å². The standard InChI is InChI=1S/C19H20N4O2/c1-22-16(3-2-4-18(22)24)14-8-7-13-10-17(21-11-15(13)9-14)23(20)19(25)12-5-6-12/h2-4,7-12,17,21H,5-6,20H2,1H3. The van der Waals surface area contributed by atoms with Gasteiger partial charge in [0, 0.05) is 25.2 Å². The van der Waals surface area contributed by atoms with Gasteiger partial charge in [-0.15, -0.1) is 0 Å². The van der Waals surface area contributed by atoms with Gasteiger partial charge in [-0.05, 0) is 47.1 Å². The van der Waals surface area contributed by atoms with E-state index in [1.54, 1.807) is 23.7 Å². The highest BCUT2D eigenvalue weighted by Crippen LogP contribution is 2.30. The number of benzene rings is 1. The largest absolute Gasteiger partial charge is 0.366 e. The Balaban J connectivity index is 1.69. The molecule has 6 heteroatoms. The predicted octanol–water partition coefficient (Wildman–Crippen LogP) is -0.388. The van der Waals surface area contributed by atoms with E-state index in [0.29, 0.717) is 0 Å². The number of nitrogens with two attached hydrogens (primary N) is 1. The Labute approximate surface area is 144 Å². The number of carbonyl (C=O) groups is 1. The Morgan fingerprint density at radius 2 is 2.04 bits per heavy atom. The third-order valence-corrected chi connectivity index (χ3v) is 4.80. The van der Waals surface area contributed by atoms with Gasteiger partial charge in [-0.2, -0.15) is 0 Å². The highest BCUT2D eigenvalue weighted by Gasteiger charge is 2.34. The molecule has 4 rings (SSSR count). The van der Waals surface area contributed by atoms with Gasteiger partial charge in [0.1, 0.15) is 6.17 Å². The normalized spacial score (nSPS) is 18.4. The summed E-state index contributed by atoms with van der Waals surface area (Å²) in [5.74, 6) is 6.05. The molecule has 1 aromatic carbocycles. The van der Waals surface area contributed by atoms with Crippen molar-refractivity contribution in [3.63, 3.8) is 0 Å². The number of aromatic nitrogens is 1. The van der Waals surface area contributed by atoms with Crippen molar-refractivity contribution in [2.45, 2.75) is 19.0 Å². The molecule has 2 aliphatic rings. The molecular formula is C19H20N4O2. The number of rotatable bonds is 3. The van der Waals surface area contributed by atoms with Gasteiger partial charge in [-0.3, -0.25) is 14.6 Å². The van der Waals surface area contributed by atoms with Crippen LogP contribution in [0.1, 0.15) is 12.8 Å². The molecule has 2 heterocycles. The van der Waals surface area contributed by atoms with Crippen molar-refractivity contribution in [3.8, 4) is 11.3 Å². The second-order valence-corrected chi connectivity index (χ2v) is 6.59. The van der Waals surface area contributed by atoms with E-state index in [2.05, 4.69) is 5.32 Å². The van der Waals surface area contributed by atoms with E-state index in [-0.39, 0.29) is 23.6 Å². The highest BCUT2D eigenvalue weighted by molar-refractivity contribution is 5.81. The average Bonchev–Trinajstić information content (AvgIpc) is 3.47. The fraction of sp³-hybridized carbons (Fsp3) is 0.263. The van der Waals surface area contributed by atoms with Crippen molar-refractivity contribution < 1.29 is 4.79 Å². The quantitative estimate of drug-likeness (QED) is 0.455. The van der Waals surface area contributed by atoms with Crippen LogP contribution in [0, 0.1) is 5.92 Å². The van der Waals surface area contributed by atoms with Crippen molar-refractivity contribution in [2.24, 2.45) is 18.8 Å². The van der Waals surface area contributed by atoms with Gasteiger partial charge >= 0.3 is 0 Å². The average molecular weight is 336 g/mol. The number of hydrazine groups is 1. The molecule has 1 saturated carbocycles. The van der Waals surface area contributed by atoms with E-state index in [4.69, 9.17) is 5.84 Å². The zero-order valence-electron chi connectivity index (χ0n) is 14.0. The molecule has 1 aromatic heterocycles. The van der Waals surface area contributed by atoms with Crippen LogP contribution in [0.3, 0.4) is 0 Å². The van der Waals surface area contributed by atoms with Crippen LogP contribution >= 0.6 is 0 Å². The topological polar surface area (TPSA) is 80.4 Å². The number of pyridine rings is 1. The monoisotopic (exact) mass is 336 g/mol. The second kappa shape index (κ2) is 5.89. The summed E-state index contributed by atoms with van der Waals surface area (Å²) in [6.45, 7) is 0. The lowest BCUT2D eigenvalue weighted by Crippen LogP contribution is -2.54. The van der Waals surface area contributed by atoms with E-state index in [0.717, 1.165) is 34.5 Å². The minimum atomic E-state index is -0.340. The number of nitrogens with zero attached hydrogens (tertiary/aromatic N) is 2. The van der Waals surface area contributed by atoms with Crippen LogP contribution in [-0.2, 0) is 11.8 Å². The Morgan fingerprint density at radius 3 is 2.80 bits per heavy atom. The Kier molecular flexibility index (Phi) is 3.69. The molecule has 1 unspecified atom stereocenters. The summed E-state index contributed by atoms with van der Waals surface area (Å²) in [6, 6.07) is 11.2. The van der Waals surface area contributed by atoms with Crippen LogP contribution in [0.2, 0.25) is 0 Å². The molecule has 0 bridgehead atoms. The van der Waals surface area contributed by atoms with E-state index in [9.17, 15) is 9.59 Å². The molecule has 1 aliphatic heterocycles. The van der Waals surface area contributed by atoms with Crippen LogP contribution in [0.5, 0.6) is 0 Å². The molecule has 3 N–H and O–H groups in total. The van der Waals surface area contributed by atoms with Gasteiger partial charge in [0.05, 0.1) is 5.69 Å². The molecule has 0 saturated heterocycles. The summed E-state index contributed by atoms with van der Waals surface area (Å²) >= 11 is 0. The lowest BCUT2D eigenvalue weighted by atomic mass is 10.1. The number of amides is 1. The molecule has 0 spiro atoms. The van der Waals surface area contributed by atoms with Crippen molar-refractivity contribution in [1.82, 2.24) is 14.9 Å². The van der Waals surface area contributed by atoms with Crippen LogP contribution in [-0.4, -0.2) is 21.6 Å². The SMILES string of the molecule is Cn1c(-c2ccc3c(c2)=CNC(N(N)C(=O)C2CC2)C=3)cccc1=O. The fourth-order valence-electron chi connectivity index (χ4n) is 3.10. The summed E-state index contributed by atoms with van der Waals surface area (Å²) in [5, 5.41) is 6.46. The zero-order chi connectivity index (χ0) is 17.6. The Bertz CT molecular complexity index is 1020. The minimum absolute atomic E-state index is 0.0125. The molecule has 2 aromatic rings.